The highest BCUT2D eigenvalue weighted by atomic mass is 16.4. The Bertz CT molecular complexity index is 229. The summed E-state index contributed by atoms with van der Waals surface area (Å²) in [5, 5.41) is 8.98. The average Bonchev–Trinajstić information content (AvgIpc) is 2.18. The third-order valence-electron chi connectivity index (χ3n) is 3.24. The summed E-state index contributed by atoms with van der Waals surface area (Å²) in [4.78, 5) is 13.2. The molecule has 3 N–H and O–H groups in total. The van der Waals surface area contributed by atoms with Gasteiger partial charge in [-0.2, -0.15) is 0 Å². The lowest BCUT2D eigenvalue weighted by atomic mass is 9.96. The third-order valence-corrected chi connectivity index (χ3v) is 3.24. The van der Waals surface area contributed by atoms with Gasteiger partial charge in [-0.3, -0.25) is 9.69 Å². The zero-order chi connectivity index (χ0) is 11.5. The predicted octanol–water partition coefficient (Wildman–Crippen LogP) is 1.05. The second-order valence-corrected chi connectivity index (χ2v) is 4.75. The first-order valence-corrected chi connectivity index (χ1v) is 5.73. The summed E-state index contributed by atoms with van der Waals surface area (Å²) < 4.78 is 0. The molecule has 0 bridgehead atoms. The second-order valence-electron chi connectivity index (χ2n) is 4.75. The van der Waals surface area contributed by atoms with E-state index in [1.807, 2.05) is 0 Å². The topological polar surface area (TPSA) is 66.6 Å². The van der Waals surface area contributed by atoms with Gasteiger partial charge in [0.05, 0.1) is 0 Å². The number of rotatable bonds is 4. The van der Waals surface area contributed by atoms with E-state index in [-0.39, 0.29) is 0 Å². The lowest BCUT2D eigenvalue weighted by Crippen LogP contribution is -2.56. The van der Waals surface area contributed by atoms with Crippen LogP contribution in [0.4, 0.5) is 0 Å². The number of aliphatic carboxylic acids is 1. The minimum atomic E-state index is -1.12. The molecule has 1 aliphatic heterocycles. The predicted molar refractivity (Wildman–Crippen MR) is 59.7 cm³/mol. The number of likely N-dealkylation sites (tertiary alicyclic amines) is 1. The number of piperidine rings is 1. The molecule has 1 heterocycles. The summed E-state index contributed by atoms with van der Waals surface area (Å²) >= 11 is 0. The fraction of sp³-hybridized carbons (Fsp3) is 0.909. The zero-order valence-corrected chi connectivity index (χ0v) is 9.70. The first kappa shape index (κ1) is 12.5. The average molecular weight is 214 g/mol. The van der Waals surface area contributed by atoms with Crippen molar-refractivity contribution in [2.75, 3.05) is 13.1 Å². The van der Waals surface area contributed by atoms with Crippen molar-refractivity contribution in [3.8, 4) is 0 Å². The quantitative estimate of drug-likeness (QED) is 0.734. The van der Waals surface area contributed by atoms with E-state index in [0.717, 1.165) is 19.4 Å². The van der Waals surface area contributed by atoms with Crippen molar-refractivity contribution < 1.29 is 9.90 Å². The van der Waals surface area contributed by atoms with Crippen molar-refractivity contribution in [1.82, 2.24) is 4.90 Å². The van der Waals surface area contributed by atoms with Gasteiger partial charge in [0.1, 0.15) is 5.54 Å². The van der Waals surface area contributed by atoms with Gasteiger partial charge < -0.3 is 10.8 Å². The molecule has 1 fully saturated rings. The minimum Gasteiger partial charge on any atom is -0.480 e. The van der Waals surface area contributed by atoms with Crippen LogP contribution in [0.1, 0.15) is 39.5 Å². The van der Waals surface area contributed by atoms with Crippen LogP contribution >= 0.6 is 0 Å². The van der Waals surface area contributed by atoms with E-state index in [2.05, 4.69) is 11.8 Å². The molecule has 4 nitrogen and oxygen atoms in total. The molecular weight excluding hydrogens is 192 g/mol. The van der Waals surface area contributed by atoms with E-state index in [4.69, 9.17) is 10.8 Å². The highest BCUT2D eigenvalue weighted by molar-refractivity contribution is 5.78. The molecule has 1 saturated heterocycles. The number of nitrogens with zero attached hydrogens (tertiary/aromatic N) is 1. The maximum Gasteiger partial charge on any atom is 0.324 e. The van der Waals surface area contributed by atoms with Gasteiger partial charge in [0.2, 0.25) is 0 Å². The highest BCUT2D eigenvalue weighted by Gasteiger charge is 2.33. The Morgan fingerprint density at radius 3 is 2.80 bits per heavy atom. The Kier molecular flexibility index (Phi) is 4.11. The van der Waals surface area contributed by atoms with E-state index in [1.54, 1.807) is 6.92 Å². The van der Waals surface area contributed by atoms with Crippen LogP contribution in [0.5, 0.6) is 0 Å². The number of carboxylic acid groups (broad SMARTS) is 1. The maximum absolute atomic E-state index is 10.9. The Labute approximate surface area is 91.4 Å². The fourth-order valence-corrected chi connectivity index (χ4v) is 2.22. The number of hydrogen-bond acceptors (Lipinski definition) is 3. The van der Waals surface area contributed by atoms with Crippen LogP contribution in [0.3, 0.4) is 0 Å². The van der Waals surface area contributed by atoms with Gasteiger partial charge in [-0.05, 0) is 32.7 Å². The van der Waals surface area contributed by atoms with Gasteiger partial charge in [-0.25, -0.2) is 0 Å². The van der Waals surface area contributed by atoms with Gasteiger partial charge in [-0.1, -0.05) is 13.3 Å². The molecule has 0 amide bonds. The third kappa shape index (κ3) is 3.18. The number of carboxylic acids is 1. The molecule has 0 aromatic heterocycles. The summed E-state index contributed by atoms with van der Waals surface area (Å²) in [5.41, 5.74) is 4.65. The summed E-state index contributed by atoms with van der Waals surface area (Å²) in [6.45, 7) is 5.19. The monoisotopic (exact) mass is 214 g/mol. The molecule has 0 spiro atoms. The van der Waals surface area contributed by atoms with Crippen LogP contribution in [0.25, 0.3) is 0 Å². The Morgan fingerprint density at radius 1 is 1.60 bits per heavy atom. The van der Waals surface area contributed by atoms with Gasteiger partial charge in [0.15, 0.2) is 0 Å². The van der Waals surface area contributed by atoms with Crippen LogP contribution in [0, 0.1) is 0 Å². The van der Waals surface area contributed by atoms with Gasteiger partial charge in [0.25, 0.3) is 0 Å². The second kappa shape index (κ2) is 4.94. The molecule has 0 aromatic rings. The maximum atomic E-state index is 10.9. The van der Waals surface area contributed by atoms with Gasteiger partial charge in [-0.15, -0.1) is 0 Å². The molecule has 1 aliphatic rings. The van der Waals surface area contributed by atoms with Gasteiger partial charge >= 0.3 is 5.97 Å². The number of nitrogens with two attached hydrogens (primary N) is 1. The van der Waals surface area contributed by atoms with E-state index in [1.165, 1.54) is 12.8 Å². The first-order valence-electron chi connectivity index (χ1n) is 5.73. The van der Waals surface area contributed by atoms with Crippen molar-refractivity contribution in [3.05, 3.63) is 0 Å². The van der Waals surface area contributed by atoms with Gasteiger partial charge in [0, 0.05) is 12.6 Å². The summed E-state index contributed by atoms with van der Waals surface area (Å²) in [5.74, 6) is -0.914. The highest BCUT2D eigenvalue weighted by Crippen LogP contribution is 2.21. The summed E-state index contributed by atoms with van der Waals surface area (Å²) in [6, 6.07) is 0.515. The van der Waals surface area contributed by atoms with Crippen LogP contribution in [-0.4, -0.2) is 40.6 Å². The molecule has 2 atom stereocenters. The minimum absolute atomic E-state index is 0.459. The lowest BCUT2D eigenvalue weighted by molar-refractivity contribution is -0.143. The molecular formula is C11H22N2O2. The van der Waals surface area contributed by atoms with Crippen molar-refractivity contribution in [2.24, 2.45) is 5.73 Å². The smallest absolute Gasteiger partial charge is 0.324 e. The normalized spacial score (nSPS) is 27.3. The lowest BCUT2D eigenvalue weighted by Gasteiger charge is -2.38. The molecule has 2 unspecified atom stereocenters. The first-order chi connectivity index (χ1) is 6.97. The molecule has 0 radical (unpaired) electrons. The van der Waals surface area contributed by atoms with Crippen molar-refractivity contribution in [1.29, 1.82) is 0 Å². The van der Waals surface area contributed by atoms with Crippen LogP contribution in [0.2, 0.25) is 0 Å². The standard InChI is InChI=1S/C11H22N2O2/c1-3-9-6-4-5-7-13(9)8-11(2,12)10(14)15/h9H,3-8,12H2,1-2H3,(H,14,15). The van der Waals surface area contributed by atoms with Crippen molar-refractivity contribution >= 4 is 5.97 Å². The van der Waals surface area contributed by atoms with Crippen LogP contribution < -0.4 is 5.73 Å². The molecule has 0 saturated carbocycles. The van der Waals surface area contributed by atoms with Crippen LogP contribution in [-0.2, 0) is 4.79 Å². The van der Waals surface area contributed by atoms with Crippen molar-refractivity contribution in [2.45, 2.75) is 51.1 Å². The zero-order valence-electron chi connectivity index (χ0n) is 9.70. The Balaban J connectivity index is 2.58. The van der Waals surface area contributed by atoms with Crippen LogP contribution in [0.15, 0.2) is 0 Å². The Hall–Kier alpha value is -0.610. The number of carbonyl (C=O) groups is 1. The van der Waals surface area contributed by atoms with Crippen molar-refractivity contribution in [3.63, 3.8) is 0 Å². The fourth-order valence-electron chi connectivity index (χ4n) is 2.22. The van der Waals surface area contributed by atoms with E-state index >= 15 is 0 Å². The Morgan fingerprint density at radius 2 is 2.27 bits per heavy atom. The van der Waals surface area contributed by atoms with E-state index in [9.17, 15) is 4.79 Å². The molecule has 1 rings (SSSR count). The van der Waals surface area contributed by atoms with E-state index < -0.39 is 11.5 Å². The molecule has 15 heavy (non-hydrogen) atoms. The molecule has 0 aliphatic carbocycles. The van der Waals surface area contributed by atoms with E-state index in [0.29, 0.717) is 12.6 Å². The molecule has 0 aromatic carbocycles. The molecule has 4 heteroatoms. The SMILES string of the molecule is CCC1CCCCN1CC(C)(N)C(=O)O. The summed E-state index contributed by atoms with van der Waals surface area (Å²) in [6.07, 6.45) is 4.66. The summed E-state index contributed by atoms with van der Waals surface area (Å²) in [7, 11) is 0. The number of hydrogen-bond donors (Lipinski definition) is 2. The molecule has 88 valence electrons. The largest absolute Gasteiger partial charge is 0.480 e.